The number of nitrogens with zero attached hydrogens (tertiary/aromatic N) is 1. The number of carbonyl (C=O) groups excluding carboxylic acids is 2. The minimum atomic E-state index is -0.517. The number of hydrogen-bond donors (Lipinski definition) is 1. The van der Waals surface area contributed by atoms with E-state index in [0.717, 1.165) is 13.1 Å². The second-order valence-electron chi connectivity index (χ2n) is 6.98. The van der Waals surface area contributed by atoms with Crippen molar-refractivity contribution in [2.45, 2.75) is 57.7 Å². The number of piperidine rings is 1. The van der Waals surface area contributed by atoms with Crippen LogP contribution in [0.5, 0.6) is 0 Å². The third kappa shape index (κ3) is 4.88. The Morgan fingerprint density at radius 1 is 1.19 bits per heavy atom. The lowest BCUT2D eigenvalue weighted by molar-refractivity contribution is -0.147. The maximum Gasteiger partial charge on any atom is 0.407 e. The van der Waals surface area contributed by atoms with E-state index in [4.69, 9.17) is 9.47 Å². The molecule has 1 heterocycles. The van der Waals surface area contributed by atoms with Crippen LogP contribution in [0.1, 0.15) is 40.0 Å². The molecule has 2 aliphatic rings. The molecule has 6 heteroatoms. The monoisotopic (exact) mass is 298 g/mol. The lowest BCUT2D eigenvalue weighted by Gasteiger charge is -2.37. The van der Waals surface area contributed by atoms with Gasteiger partial charge in [0.1, 0.15) is 5.60 Å². The minimum absolute atomic E-state index is 0.0710. The first-order chi connectivity index (χ1) is 9.78. The van der Waals surface area contributed by atoms with Gasteiger partial charge < -0.3 is 14.8 Å². The smallest absolute Gasteiger partial charge is 0.407 e. The maximum atomic E-state index is 11.9. The number of ether oxygens (including phenoxy) is 2. The predicted octanol–water partition coefficient (Wildman–Crippen LogP) is 1.54. The van der Waals surface area contributed by atoms with Crippen LogP contribution in [0.4, 0.5) is 4.79 Å². The fourth-order valence-electron chi connectivity index (χ4n) is 2.79. The topological polar surface area (TPSA) is 67.9 Å². The maximum absolute atomic E-state index is 11.9. The molecule has 0 aromatic carbocycles. The number of methoxy groups -OCH3 is 1. The third-order valence-corrected chi connectivity index (χ3v) is 3.80. The molecule has 2 atom stereocenters. The molecule has 1 amide bonds. The molecule has 2 fully saturated rings. The highest BCUT2D eigenvalue weighted by Crippen LogP contribution is 2.31. The molecule has 1 aliphatic carbocycles. The summed E-state index contributed by atoms with van der Waals surface area (Å²) < 4.78 is 10.2. The quantitative estimate of drug-likeness (QED) is 0.800. The van der Waals surface area contributed by atoms with Crippen LogP contribution in [0, 0.1) is 5.92 Å². The van der Waals surface area contributed by atoms with Gasteiger partial charge in [-0.3, -0.25) is 9.69 Å². The van der Waals surface area contributed by atoms with E-state index in [1.165, 1.54) is 20.0 Å². The van der Waals surface area contributed by atoms with E-state index in [-0.39, 0.29) is 17.9 Å². The summed E-state index contributed by atoms with van der Waals surface area (Å²) in [5, 5.41) is 2.89. The Labute approximate surface area is 126 Å². The molecule has 0 bridgehead atoms. The third-order valence-electron chi connectivity index (χ3n) is 3.80. The molecule has 0 aromatic rings. The first-order valence-electron chi connectivity index (χ1n) is 7.60. The van der Waals surface area contributed by atoms with Crippen molar-refractivity contribution in [2.75, 3.05) is 20.2 Å². The average Bonchev–Trinajstić information content (AvgIpc) is 3.19. The zero-order chi connectivity index (χ0) is 15.6. The zero-order valence-electron chi connectivity index (χ0n) is 13.3. The van der Waals surface area contributed by atoms with Gasteiger partial charge in [0, 0.05) is 25.2 Å². The fraction of sp³-hybridized carbons (Fsp3) is 0.867. The van der Waals surface area contributed by atoms with Crippen molar-refractivity contribution in [2.24, 2.45) is 5.92 Å². The molecular formula is C15H26N2O4. The summed E-state index contributed by atoms with van der Waals surface area (Å²) in [6, 6.07) is 0.485. The first-order valence-corrected chi connectivity index (χ1v) is 7.60. The second-order valence-corrected chi connectivity index (χ2v) is 6.98. The van der Waals surface area contributed by atoms with Crippen LogP contribution < -0.4 is 5.32 Å². The van der Waals surface area contributed by atoms with Crippen LogP contribution in [0.3, 0.4) is 0 Å². The summed E-state index contributed by atoms with van der Waals surface area (Å²) in [6.45, 7) is 7.00. The molecule has 1 saturated carbocycles. The number of amides is 1. The molecule has 6 nitrogen and oxygen atoms in total. The SMILES string of the molecule is COC(=O)C1CC(NC(=O)OC(C)(C)C)CN(C2CC2)C1. The van der Waals surface area contributed by atoms with E-state index in [1.807, 2.05) is 20.8 Å². The van der Waals surface area contributed by atoms with Crippen LogP contribution in [-0.4, -0.2) is 54.8 Å². The average molecular weight is 298 g/mol. The Kier molecular flexibility index (Phi) is 4.76. The van der Waals surface area contributed by atoms with Gasteiger partial charge in [0.2, 0.25) is 0 Å². The van der Waals surface area contributed by atoms with Gasteiger partial charge in [-0.25, -0.2) is 4.79 Å². The first kappa shape index (κ1) is 16.1. The van der Waals surface area contributed by atoms with Crippen molar-refractivity contribution < 1.29 is 19.1 Å². The van der Waals surface area contributed by atoms with Gasteiger partial charge >= 0.3 is 12.1 Å². The molecule has 1 N–H and O–H groups in total. The van der Waals surface area contributed by atoms with Crippen molar-refractivity contribution in [3.8, 4) is 0 Å². The Balaban J connectivity index is 1.94. The summed E-state index contributed by atoms with van der Waals surface area (Å²) in [5.41, 5.74) is -0.517. The van der Waals surface area contributed by atoms with Crippen LogP contribution in [0.15, 0.2) is 0 Å². The van der Waals surface area contributed by atoms with Gasteiger partial charge in [-0.1, -0.05) is 0 Å². The van der Waals surface area contributed by atoms with Gasteiger partial charge in [-0.15, -0.1) is 0 Å². The van der Waals surface area contributed by atoms with Crippen LogP contribution in [-0.2, 0) is 14.3 Å². The van der Waals surface area contributed by atoms with Crippen molar-refractivity contribution >= 4 is 12.1 Å². The number of carbonyl (C=O) groups is 2. The van der Waals surface area contributed by atoms with Gasteiger partial charge in [0.05, 0.1) is 13.0 Å². The lowest BCUT2D eigenvalue weighted by Crippen LogP contribution is -2.53. The van der Waals surface area contributed by atoms with Gasteiger partial charge in [-0.2, -0.15) is 0 Å². The van der Waals surface area contributed by atoms with Gasteiger partial charge in [0.25, 0.3) is 0 Å². The highest BCUT2D eigenvalue weighted by molar-refractivity contribution is 5.73. The molecule has 2 unspecified atom stereocenters. The number of esters is 1. The summed E-state index contributed by atoms with van der Waals surface area (Å²) in [7, 11) is 1.41. The molecular weight excluding hydrogens is 272 g/mol. The Bertz CT molecular complexity index is 401. The standard InChI is InChI=1S/C15H26N2O4/c1-15(2,3)21-14(19)16-11-7-10(13(18)20-4)8-17(9-11)12-5-6-12/h10-12H,5-9H2,1-4H3,(H,16,19). The largest absolute Gasteiger partial charge is 0.469 e. The van der Waals surface area contributed by atoms with E-state index in [9.17, 15) is 9.59 Å². The molecule has 2 rings (SSSR count). The number of rotatable bonds is 3. The van der Waals surface area contributed by atoms with Gasteiger partial charge in [0.15, 0.2) is 0 Å². The fourth-order valence-corrected chi connectivity index (χ4v) is 2.79. The van der Waals surface area contributed by atoms with E-state index in [0.29, 0.717) is 12.5 Å². The molecule has 0 spiro atoms. The van der Waals surface area contributed by atoms with Gasteiger partial charge in [-0.05, 0) is 40.0 Å². The highest BCUT2D eigenvalue weighted by Gasteiger charge is 2.39. The number of nitrogens with one attached hydrogen (secondary N) is 1. The molecule has 1 aliphatic heterocycles. The Hall–Kier alpha value is -1.30. The second kappa shape index (κ2) is 6.22. The Morgan fingerprint density at radius 3 is 2.38 bits per heavy atom. The molecule has 120 valence electrons. The normalized spacial score (nSPS) is 27.0. The molecule has 0 radical (unpaired) electrons. The summed E-state index contributed by atoms with van der Waals surface area (Å²) in [5.74, 6) is -0.374. The summed E-state index contributed by atoms with van der Waals surface area (Å²) >= 11 is 0. The van der Waals surface area contributed by atoms with Crippen LogP contribution in [0.2, 0.25) is 0 Å². The highest BCUT2D eigenvalue weighted by atomic mass is 16.6. The van der Waals surface area contributed by atoms with E-state index in [1.54, 1.807) is 0 Å². The Morgan fingerprint density at radius 2 is 1.86 bits per heavy atom. The number of hydrogen-bond acceptors (Lipinski definition) is 5. The number of likely N-dealkylation sites (tertiary alicyclic amines) is 1. The summed E-state index contributed by atoms with van der Waals surface area (Å²) in [4.78, 5) is 26.0. The van der Waals surface area contributed by atoms with Crippen molar-refractivity contribution in [1.29, 1.82) is 0 Å². The van der Waals surface area contributed by atoms with Crippen molar-refractivity contribution in [3.63, 3.8) is 0 Å². The van der Waals surface area contributed by atoms with Crippen molar-refractivity contribution in [1.82, 2.24) is 10.2 Å². The lowest BCUT2D eigenvalue weighted by atomic mass is 9.94. The van der Waals surface area contributed by atoms with E-state index in [2.05, 4.69) is 10.2 Å². The predicted molar refractivity (Wildman–Crippen MR) is 77.9 cm³/mol. The van der Waals surface area contributed by atoms with Crippen LogP contribution >= 0.6 is 0 Å². The number of alkyl carbamates (subject to hydrolysis) is 1. The summed E-state index contributed by atoms with van der Waals surface area (Å²) in [6.07, 6.45) is 2.53. The van der Waals surface area contributed by atoms with E-state index >= 15 is 0 Å². The molecule has 1 saturated heterocycles. The van der Waals surface area contributed by atoms with Crippen LogP contribution in [0.25, 0.3) is 0 Å². The molecule has 21 heavy (non-hydrogen) atoms. The molecule has 0 aromatic heterocycles. The zero-order valence-corrected chi connectivity index (χ0v) is 13.3. The van der Waals surface area contributed by atoms with E-state index < -0.39 is 11.7 Å². The van der Waals surface area contributed by atoms with Crippen molar-refractivity contribution in [3.05, 3.63) is 0 Å². The minimum Gasteiger partial charge on any atom is -0.469 e.